The summed E-state index contributed by atoms with van der Waals surface area (Å²) >= 11 is 6.47. The molecule has 8 heteroatoms. The van der Waals surface area contributed by atoms with Crippen molar-refractivity contribution in [3.05, 3.63) is 81.5 Å². The topological polar surface area (TPSA) is 71.1 Å². The molecule has 0 bridgehead atoms. The molecule has 0 spiro atoms. The number of halogens is 1. The van der Waals surface area contributed by atoms with Crippen molar-refractivity contribution in [3.8, 4) is 5.69 Å². The quantitative estimate of drug-likeness (QED) is 0.443. The van der Waals surface area contributed by atoms with E-state index in [1.807, 2.05) is 61.5 Å². The second kappa shape index (κ2) is 8.20. The van der Waals surface area contributed by atoms with Gasteiger partial charge in [-0.15, -0.1) is 0 Å². The second-order valence-corrected chi connectivity index (χ2v) is 7.35. The molecule has 0 N–H and O–H groups in total. The van der Waals surface area contributed by atoms with Crippen LogP contribution in [-0.2, 0) is 29.7 Å². The van der Waals surface area contributed by atoms with Crippen LogP contribution >= 0.6 is 11.6 Å². The lowest BCUT2D eigenvalue weighted by molar-refractivity contribution is -0.145. The van der Waals surface area contributed by atoms with Crippen molar-refractivity contribution in [2.24, 2.45) is 7.05 Å². The van der Waals surface area contributed by atoms with Crippen LogP contribution in [0.3, 0.4) is 0 Å². The number of hydrogen-bond acceptors (Lipinski definition) is 4. The molecule has 7 nitrogen and oxygen atoms in total. The summed E-state index contributed by atoms with van der Waals surface area (Å²) in [5, 5.41) is 4.86. The molecule has 0 amide bonds. The normalized spacial score (nSPS) is 11.2. The molecule has 0 saturated carbocycles. The number of nitrogens with zero attached hydrogens (tertiary/aromatic N) is 4. The molecule has 0 aliphatic carbocycles. The smallest absolute Gasteiger partial charge is 0.328 e. The predicted octanol–water partition coefficient (Wildman–Crippen LogP) is 3.62. The number of carbonyl (C=O) groups is 1. The molecular formula is C22H21ClN4O3. The van der Waals surface area contributed by atoms with Crippen LogP contribution in [0.15, 0.2) is 59.4 Å². The number of fused-ring (bicyclic) bond motifs is 1. The molecule has 0 fully saturated rings. The Bertz CT molecular complexity index is 1270. The molecule has 0 radical (unpaired) electrons. The van der Waals surface area contributed by atoms with Gasteiger partial charge in [0, 0.05) is 19.2 Å². The molecule has 2 aromatic heterocycles. The van der Waals surface area contributed by atoms with Crippen LogP contribution in [0, 0.1) is 6.92 Å². The van der Waals surface area contributed by atoms with Crippen molar-refractivity contribution in [1.82, 2.24) is 18.9 Å². The zero-order chi connectivity index (χ0) is 21.3. The number of imidazole rings is 1. The fraction of sp³-hybridized carbons (Fsp3) is 0.227. The first-order valence-corrected chi connectivity index (χ1v) is 9.94. The number of benzene rings is 2. The molecule has 0 atom stereocenters. The van der Waals surface area contributed by atoms with Crippen LogP contribution in [0.25, 0.3) is 16.7 Å². The summed E-state index contributed by atoms with van der Waals surface area (Å²) in [6.07, 6.45) is 0.0808. The maximum absolute atomic E-state index is 12.5. The maximum Gasteiger partial charge on any atom is 0.328 e. The zero-order valence-electron chi connectivity index (χ0n) is 16.7. The van der Waals surface area contributed by atoms with E-state index in [9.17, 15) is 9.59 Å². The summed E-state index contributed by atoms with van der Waals surface area (Å²) < 4.78 is 10.2. The van der Waals surface area contributed by atoms with Gasteiger partial charge in [0.05, 0.1) is 28.8 Å². The molecule has 0 saturated heterocycles. The minimum atomic E-state index is -0.405. The highest BCUT2D eigenvalue weighted by Gasteiger charge is 2.17. The molecule has 2 heterocycles. The first kappa shape index (κ1) is 20.0. The number of rotatable bonds is 6. The summed E-state index contributed by atoms with van der Waals surface area (Å²) in [5.41, 5.74) is 3.65. The Labute approximate surface area is 178 Å². The lowest BCUT2D eigenvalue weighted by Gasteiger charge is -2.06. The minimum Gasteiger partial charge on any atom is -0.461 e. The van der Waals surface area contributed by atoms with Crippen molar-refractivity contribution in [1.29, 1.82) is 0 Å². The molecule has 30 heavy (non-hydrogen) atoms. The minimum absolute atomic E-state index is 0.0285. The summed E-state index contributed by atoms with van der Waals surface area (Å²) in [5.74, 6) is -0.405. The zero-order valence-corrected chi connectivity index (χ0v) is 17.5. The number of para-hydroxylation sites is 3. The summed E-state index contributed by atoms with van der Waals surface area (Å²) in [4.78, 5) is 24.8. The fourth-order valence-electron chi connectivity index (χ4n) is 3.44. The Morgan fingerprint density at radius 1 is 1.07 bits per heavy atom. The van der Waals surface area contributed by atoms with Crippen molar-refractivity contribution in [2.45, 2.75) is 26.5 Å². The highest BCUT2D eigenvalue weighted by molar-refractivity contribution is 6.30. The monoisotopic (exact) mass is 424 g/mol. The van der Waals surface area contributed by atoms with E-state index in [2.05, 4.69) is 5.10 Å². The van der Waals surface area contributed by atoms with Crippen LogP contribution in [0.2, 0.25) is 5.15 Å². The fourth-order valence-corrected chi connectivity index (χ4v) is 3.77. The number of ether oxygens (including phenoxy) is 1. The van der Waals surface area contributed by atoms with E-state index in [1.54, 1.807) is 20.9 Å². The van der Waals surface area contributed by atoms with Gasteiger partial charge >= 0.3 is 11.7 Å². The van der Waals surface area contributed by atoms with Gasteiger partial charge in [0.2, 0.25) is 0 Å². The number of aryl methyl sites for hydroxylation is 3. The van der Waals surface area contributed by atoms with Gasteiger partial charge in [-0.25, -0.2) is 9.48 Å². The van der Waals surface area contributed by atoms with Gasteiger partial charge in [0.25, 0.3) is 0 Å². The first-order valence-electron chi connectivity index (χ1n) is 9.56. The highest BCUT2D eigenvalue weighted by Crippen LogP contribution is 2.24. The Hall–Kier alpha value is -3.32. The number of hydrogen-bond donors (Lipinski definition) is 0. The van der Waals surface area contributed by atoms with Gasteiger partial charge in [0.1, 0.15) is 11.8 Å². The van der Waals surface area contributed by atoms with Crippen molar-refractivity contribution in [2.75, 3.05) is 0 Å². The highest BCUT2D eigenvalue weighted by atomic mass is 35.5. The van der Waals surface area contributed by atoms with Crippen molar-refractivity contribution in [3.63, 3.8) is 0 Å². The average Bonchev–Trinajstić information content (AvgIpc) is 3.18. The standard InChI is InChI=1S/C22H21ClN4O3/c1-15-17(21(23)27(24-15)16-8-4-3-5-9-16)14-30-20(28)12-13-26-19-11-7-6-10-18(19)25(2)22(26)29/h3-11H,12-14H2,1-2H3. The van der Waals surface area contributed by atoms with E-state index >= 15 is 0 Å². The van der Waals surface area contributed by atoms with E-state index in [0.717, 1.165) is 16.7 Å². The van der Waals surface area contributed by atoms with Gasteiger partial charge in [-0.3, -0.25) is 13.9 Å². The number of aromatic nitrogens is 4. The SMILES string of the molecule is Cc1nn(-c2ccccc2)c(Cl)c1COC(=O)CCn1c(=O)n(C)c2ccccc21. The summed E-state index contributed by atoms with van der Waals surface area (Å²) in [6, 6.07) is 17.0. The maximum atomic E-state index is 12.5. The van der Waals surface area contributed by atoms with Gasteiger partial charge < -0.3 is 4.74 Å². The largest absolute Gasteiger partial charge is 0.461 e. The summed E-state index contributed by atoms with van der Waals surface area (Å²) in [6.45, 7) is 2.10. The van der Waals surface area contributed by atoms with E-state index in [4.69, 9.17) is 16.3 Å². The molecule has 0 aliphatic rings. The van der Waals surface area contributed by atoms with Crippen LogP contribution in [0.1, 0.15) is 17.7 Å². The Morgan fingerprint density at radius 2 is 1.73 bits per heavy atom. The van der Waals surface area contributed by atoms with Crippen LogP contribution in [-0.4, -0.2) is 24.9 Å². The molecule has 0 unspecified atom stereocenters. The third-order valence-electron chi connectivity index (χ3n) is 5.09. The Balaban J connectivity index is 1.44. The second-order valence-electron chi connectivity index (χ2n) is 6.99. The van der Waals surface area contributed by atoms with Gasteiger partial charge in [-0.05, 0) is 31.2 Å². The van der Waals surface area contributed by atoms with Crippen LogP contribution in [0.4, 0.5) is 0 Å². The lowest BCUT2D eigenvalue weighted by atomic mass is 10.3. The van der Waals surface area contributed by atoms with Crippen molar-refractivity contribution >= 4 is 28.6 Å². The number of esters is 1. The Kier molecular flexibility index (Phi) is 5.46. The molecule has 154 valence electrons. The molecule has 0 aliphatic heterocycles. The van der Waals surface area contributed by atoms with E-state index in [-0.39, 0.29) is 25.3 Å². The first-order chi connectivity index (χ1) is 14.5. The molecular weight excluding hydrogens is 404 g/mol. The average molecular weight is 425 g/mol. The van der Waals surface area contributed by atoms with Gasteiger partial charge in [-0.2, -0.15) is 5.10 Å². The third-order valence-corrected chi connectivity index (χ3v) is 5.48. The van der Waals surface area contributed by atoms with E-state index in [1.165, 1.54) is 0 Å². The van der Waals surface area contributed by atoms with Gasteiger partial charge in [0.15, 0.2) is 0 Å². The molecule has 4 aromatic rings. The Morgan fingerprint density at radius 3 is 2.47 bits per heavy atom. The van der Waals surface area contributed by atoms with Crippen molar-refractivity contribution < 1.29 is 9.53 Å². The third kappa shape index (κ3) is 3.64. The van der Waals surface area contributed by atoms with Crippen LogP contribution in [0.5, 0.6) is 0 Å². The molecule has 2 aromatic carbocycles. The lowest BCUT2D eigenvalue weighted by Crippen LogP contribution is -2.23. The molecule has 4 rings (SSSR count). The predicted molar refractivity (Wildman–Crippen MR) is 115 cm³/mol. The summed E-state index contributed by atoms with van der Waals surface area (Å²) in [7, 11) is 1.72. The van der Waals surface area contributed by atoms with E-state index < -0.39 is 5.97 Å². The van der Waals surface area contributed by atoms with E-state index in [0.29, 0.717) is 16.4 Å². The number of carbonyl (C=O) groups excluding carboxylic acids is 1. The van der Waals surface area contributed by atoms with Crippen LogP contribution < -0.4 is 5.69 Å². The van der Waals surface area contributed by atoms with Gasteiger partial charge in [-0.1, -0.05) is 41.9 Å².